The van der Waals surface area contributed by atoms with Crippen LogP contribution < -0.4 is 0 Å². The van der Waals surface area contributed by atoms with Gasteiger partial charge in [-0.2, -0.15) is 0 Å². The number of hydrogen-bond donors (Lipinski definition) is 1. The van der Waals surface area contributed by atoms with Gasteiger partial charge in [0.15, 0.2) is 11.6 Å². The van der Waals surface area contributed by atoms with Gasteiger partial charge in [-0.25, -0.2) is 22.4 Å². The largest absolute Gasteiger partial charge is 0.506 e. The van der Waals surface area contributed by atoms with Crippen molar-refractivity contribution in [1.29, 1.82) is 0 Å². The van der Waals surface area contributed by atoms with Crippen molar-refractivity contribution in [2.75, 3.05) is 6.61 Å². The summed E-state index contributed by atoms with van der Waals surface area (Å²) in [5.74, 6) is -6.02. The number of ether oxygens (including phenoxy) is 1. The van der Waals surface area contributed by atoms with Gasteiger partial charge in [0, 0.05) is 18.2 Å². The monoisotopic (exact) mass is 345 g/mol. The molecule has 0 spiro atoms. The van der Waals surface area contributed by atoms with Gasteiger partial charge in [0.25, 0.3) is 0 Å². The van der Waals surface area contributed by atoms with Crippen LogP contribution in [0.2, 0.25) is 0 Å². The van der Waals surface area contributed by atoms with E-state index in [0.29, 0.717) is 6.07 Å². The van der Waals surface area contributed by atoms with E-state index in [4.69, 9.17) is 4.74 Å². The second-order valence-corrected chi connectivity index (χ2v) is 5.24. The molecule has 0 saturated heterocycles. The number of rotatable bonds is 5. The second-order valence-electron chi connectivity index (χ2n) is 5.24. The number of aliphatic hydroxyl groups excluding tert-OH is 1. The van der Waals surface area contributed by atoms with Gasteiger partial charge in [0.1, 0.15) is 23.3 Å². The Labute approximate surface area is 135 Å². The summed E-state index contributed by atoms with van der Waals surface area (Å²) in [5.41, 5.74) is -1.93. The fraction of sp³-hybridized carbons (Fsp3) is 0.375. The van der Waals surface area contributed by atoms with Crippen LogP contribution in [0.1, 0.15) is 24.5 Å². The van der Waals surface area contributed by atoms with Crippen LogP contribution in [0.15, 0.2) is 16.6 Å². The SMILES string of the molecule is CCOC(=O)/C(C=NC1CC1F)=C(/O)c1cc(F)c(F)c(C)c1F. The van der Waals surface area contributed by atoms with E-state index in [1.54, 1.807) is 0 Å². The van der Waals surface area contributed by atoms with E-state index in [2.05, 4.69) is 4.99 Å². The van der Waals surface area contributed by atoms with Crippen LogP contribution in [0.5, 0.6) is 0 Å². The third-order valence-electron chi connectivity index (χ3n) is 3.46. The number of carbonyl (C=O) groups excluding carboxylic acids is 1. The Morgan fingerprint density at radius 2 is 2.04 bits per heavy atom. The zero-order valence-electron chi connectivity index (χ0n) is 12.9. The number of carbonyl (C=O) groups is 1. The first-order valence-corrected chi connectivity index (χ1v) is 7.20. The van der Waals surface area contributed by atoms with Gasteiger partial charge >= 0.3 is 5.97 Å². The van der Waals surface area contributed by atoms with Gasteiger partial charge in [-0.1, -0.05) is 0 Å². The molecule has 1 N–H and O–H groups in total. The lowest BCUT2D eigenvalue weighted by atomic mass is 10.0. The molecule has 8 heteroatoms. The van der Waals surface area contributed by atoms with Gasteiger partial charge in [0.2, 0.25) is 0 Å². The summed E-state index contributed by atoms with van der Waals surface area (Å²) >= 11 is 0. The molecule has 24 heavy (non-hydrogen) atoms. The minimum absolute atomic E-state index is 0.0437. The van der Waals surface area contributed by atoms with E-state index in [-0.39, 0.29) is 13.0 Å². The summed E-state index contributed by atoms with van der Waals surface area (Å²) in [6.07, 6.45) is -0.117. The zero-order chi connectivity index (χ0) is 18.0. The Morgan fingerprint density at radius 1 is 1.42 bits per heavy atom. The number of aliphatic hydroxyl groups is 1. The second kappa shape index (κ2) is 7.02. The van der Waals surface area contributed by atoms with Crippen molar-refractivity contribution in [3.8, 4) is 0 Å². The number of halogens is 4. The summed E-state index contributed by atoms with van der Waals surface area (Å²) in [6, 6.07) is -0.228. The molecule has 2 unspecified atom stereocenters. The molecule has 4 nitrogen and oxygen atoms in total. The number of hydrogen-bond acceptors (Lipinski definition) is 4. The van der Waals surface area contributed by atoms with Crippen LogP contribution in [-0.4, -0.2) is 36.1 Å². The van der Waals surface area contributed by atoms with Crippen LogP contribution in [-0.2, 0) is 9.53 Å². The number of benzene rings is 1. The molecule has 0 aliphatic heterocycles. The van der Waals surface area contributed by atoms with Crippen molar-refractivity contribution in [1.82, 2.24) is 0 Å². The maximum Gasteiger partial charge on any atom is 0.343 e. The molecule has 1 fully saturated rings. The predicted molar refractivity (Wildman–Crippen MR) is 79.0 cm³/mol. The third kappa shape index (κ3) is 3.58. The lowest BCUT2D eigenvalue weighted by molar-refractivity contribution is -0.137. The molecule has 2 atom stereocenters. The van der Waals surface area contributed by atoms with E-state index in [9.17, 15) is 27.5 Å². The van der Waals surface area contributed by atoms with Crippen molar-refractivity contribution in [2.24, 2.45) is 4.99 Å². The highest BCUT2D eigenvalue weighted by Crippen LogP contribution is 2.30. The molecule has 1 aromatic carbocycles. The summed E-state index contributed by atoms with van der Waals surface area (Å²) in [7, 11) is 0. The topological polar surface area (TPSA) is 58.9 Å². The average Bonchev–Trinajstić information content (AvgIpc) is 3.24. The van der Waals surface area contributed by atoms with Crippen LogP contribution in [0.4, 0.5) is 17.6 Å². The Bertz CT molecular complexity index is 731. The van der Waals surface area contributed by atoms with Crippen molar-refractivity contribution in [2.45, 2.75) is 32.5 Å². The van der Waals surface area contributed by atoms with Crippen molar-refractivity contribution in [3.05, 3.63) is 40.2 Å². The molecule has 1 aromatic rings. The van der Waals surface area contributed by atoms with Gasteiger partial charge < -0.3 is 9.84 Å². The van der Waals surface area contributed by atoms with Gasteiger partial charge in [-0.05, 0) is 19.9 Å². The highest BCUT2D eigenvalue weighted by Gasteiger charge is 2.37. The molecule has 0 heterocycles. The first-order chi connectivity index (χ1) is 11.3. The fourth-order valence-corrected chi connectivity index (χ4v) is 1.94. The minimum atomic E-state index is -1.39. The first-order valence-electron chi connectivity index (χ1n) is 7.20. The average molecular weight is 345 g/mol. The molecule has 1 aliphatic carbocycles. The summed E-state index contributed by atoms with van der Waals surface area (Å²) < 4.78 is 58.5. The zero-order valence-corrected chi connectivity index (χ0v) is 12.9. The predicted octanol–water partition coefficient (Wildman–Crippen LogP) is 3.43. The van der Waals surface area contributed by atoms with Crippen molar-refractivity contribution >= 4 is 17.9 Å². The lowest BCUT2D eigenvalue weighted by Gasteiger charge is -2.10. The van der Waals surface area contributed by atoms with Crippen LogP contribution in [0, 0.1) is 24.4 Å². The number of nitrogens with zero attached hydrogens (tertiary/aromatic N) is 1. The summed E-state index contributed by atoms with van der Waals surface area (Å²) in [5, 5.41) is 10.2. The van der Waals surface area contributed by atoms with Crippen molar-refractivity contribution < 1.29 is 32.2 Å². The minimum Gasteiger partial charge on any atom is -0.506 e. The van der Waals surface area contributed by atoms with E-state index in [1.165, 1.54) is 6.92 Å². The number of aliphatic imine (C=N–C) groups is 1. The van der Waals surface area contributed by atoms with Crippen LogP contribution >= 0.6 is 0 Å². The van der Waals surface area contributed by atoms with Gasteiger partial charge in [0.05, 0.1) is 18.2 Å². The Balaban J connectivity index is 2.52. The molecular weight excluding hydrogens is 330 g/mol. The molecule has 1 aliphatic rings. The highest BCUT2D eigenvalue weighted by molar-refractivity contribution is 6.15. The first kappa shape index (κ1) is 18.0. The quantitative estimate of drug-likeness (QED) is 0.222. The van der Waals surface area contributed by atoms with Gasteiger partial charge in [-0.3, -0.25) is 4.99 Å². The molecule has 0 aromatic heterocycles. The molecule has 130 valence electrons. The van der Waals surface area contributed by atoms with E-state index in [1.807, 2.05) is 0 Å². The Hall–Kier alpha value is -2.38. The normalized spacial score (nSPS) is 20.9. The highest BCUT2D eigenvalue weighted by atomic mass is 19.2. The molecule has 1 saturated carbocycles. The summed E-state index contributed by atoms with van der Waals surface area (Å²) in [4.78, 5) is 15.7. The Kier molecular flexibility index (Phi) is 5.26. The smallest absolute Gasteiger partial charge is 0.343 e. The van der Waals surface area contributed by atoms with Crippen molar-refractivity contribution in [3.63, 3.8) is 0 Å². The standard InChI is InChI=1S/C16H15F4NO3/c1-3-24-16(23)9(6-21-12-5-10(12)17)15(22)8-4-11(18)14(20)7(2)13(8)19/h4,6,10,12,22H,3,5H2,1-2H3/b15-9+,21-6?. The summed E-state index contributed by atoms with van der Waals surface area (Å²) in [6.45, 7) is 2.45. The fourth-order valence-electron chi connectivity index (χ4n) is 1.94. The Morgan fingerprint density at radius 3 is 2.58 bits per heavy atom. The maximum atomic E-state index is 14.1. The molecular formula is C16H15F4NO3. The molecule has 0 bridgehead atoms. The maximum absolute atomic E-state index is 14.1. The number of esters is 1. The third-order valence-corrected chi connectivity index (χ3v) is 3.46. The van der Waals surface area contributed by atoms with Crippen LogP contribution in [0.25, 0.3) is 5.76 Å². The molecule has 0 amide bonds. The van der Waals surface area contributed by atoms with Gasteiger partial charge in [-0.15, -0.1) is 0 Å². The van der Waals surface area contributed by atoms with E-state index in [0.717, 1.165) is 13.1 Å². The number of alkyl halides is 1. The van der Waals surface area contributed by atoms with E-state index >= 15 is 0 Å². The van der Waals surface area contributed by atoms with Crippen LogP contribution in [0.3, 0.4) is 0 Å². The molecule has 0 radical (unpaired) electrons. The lowest BCUT2D eigenvalue weighted by Crippen LogP contribution is -2.13. The molecule has 2 rings (SSSR count). The van der Waals surface area contributed by atoms with E-state index < -0.39 is 58.1 Å².